The van der Waals surface area contributed by atoms with Crippen LogP contribution < -0.4 is 0 Å². The molecule has 0 fully saturated rings. The lowest BCUT2D eigenvalue weighted by Crippen LogP contribution is -2.38. The van der Waals surface area contributed by atoms with E-state index in [2.05, 4.69) is 12.6 Å². The number of rotatable bonds is 9. The number of carbonyl (C=O) groups excluding carboxylic acids is 2. The zero-order valence-electron chi connectivity index (χ0n) is 12.3. The molecular formula is C14H22N2O4. The molecule has 2 unspecified atom stereocenters. The van der Waals surface area contributed by atoms with Gasteiger partial charge in [0.25, 0.3) is 5.91 Å². The summed E-state index contributed by atoms with van der Waals surface area (Å²) in [7, 11) is 0. The normalized spacial score (nSPS) is 12.9. The van der Waals surface area contributed by atoms with Gasteiger partial charge in [0, 0.05) is 13.1 Å². The Balaban J connectivity index is 4.21. The molecule has 0 heterocycles. The van der Waals surface area contributed by atoms with Gasteiger partial charge in [-0.25, -0.2) is 4.79 Å². The molecule has 0 aliphatic rings. The number of nitrogens with zero attached hydrogens (tertiary/aromatic N) is 2. The molecule has 0 N–H and O–H groups in total. The van der Waals surface area contributed by atoms with Crippen molar-refractivity contribution in [2.24, 2.45) is 5.92 Å². The third-order valence-corrected chi connectivity index (χ3v) is 2.58. The number of hydrogen-bond donors (Lipinski definition) is 0. The maximum absolute atomic E-state index is 11.8. The highest BCUT2D eigenvalue weighted by Crippen LogP contribution is 2.01. The average molecular weight is 282 g/mol. The Morgan fingerprint density at radius 2 is 2.10 bits per heavy atom. The molecule has 0 aromatic carbocycles. The van der Waals surface area contributed by atoms with Gasteiger partial charge in [0.2, 0.25) is 0 Å². The van der Waals surface area contributed by atoms with Gasteiger partial charge in [-0.15, -0.1) is 6.58 Å². The Hall–Kier alpha value is -1.87. The van der Waals surface area contributed by atoms with Crippen molar-refractivity contribution in [3.05, 3.63) is 12.7 Å². The fourth-order valence-electron chi connectivity index (χ4n) is 1.40. The first-order chi connectivity index (χ1) is 9.46. The van der Waals surface area contributed by atoms with Gasteiger partial charge in [0.05, 0.1) is 18.6 Å². The molecule has 20 heavy (non-hydrogen) atoms. The van der Waals surface area contributed by atoms with E-state index in [1.165, 1.54) is 11.0 Å². The number of hydrogen-bond acceptors (Lipinski definition) is 5. The minimum atomic E-state index is -0.742. The second-order valence-corrected chi connectivity index (χ2v) is 4.33. The van der Waals surface area contributed by atoms with Gasteiger partial charge in [0.15, 0.2) is 12.7 Å². The van der Waals surface area contributed by atoms with Crippen LogP contribution in [-0.4, -0.2) is 49.2 Å². The van der Waals surface area contributed by atoms with Crippen molar-refractivity contribution in [1.29, 1.82) is 5.26 Å². The van der Waals surface area contributed by atoms with Crippen LogP contribution in [0.1, 0.15) is 20.8 Å². The van der Waals surface area contributed by atoms with Crippen molar-refractivity contribution in [2.75, 3.05) is 26.3 Å². The van der Waals surface area contributed by atoms with Gasteiger partial charge in [-0.05, 0) is 20.8 Å². The fraction of sp³-hybridized carbons (Fsp3) is 0.643. The van der Waals surface area contributed by atoms with Crippen LogP contribution in [0.25, 0.3) is 0 Å². The molecule has 0 saturated heterocycles. The topological polar surface area (TPSA) is 79.6 Å². The van der Waals surface area contributed by atoms with Gasteiger partial charge in [-0.3, -0.25) is 4.79 Å². The van der Waals surface area contributed by atoms with E-state index in [0.29, 0.717) is 13.1 Å². The number of carbonyl (C=O) groups is 2. The van der Waals surface area contributed by atoms with Crippen molar-refractivity contribution in [2.45, 2.75) is 26.9 Å². The molecule has 0 aromatic rings. The number of likely N-dealkylation sites (N-methyl/N-ethyl adjacent to an activating group) is 1. The van der Waals surface area contributed by atoms with E-state index in [1.54, 1.807) is 20.8 Å². The zero-order chi connectivity index (χ0) is 15.5. The summed E-state index contributed by atoms with van der Waals surface area (Å²) >= 11 is 0. The van der Waals surface area contributed by atoms with E-state index in [0.717, 1.165) is 0 Å². The van der Waals surface area contributed by atoms with E-state index in [-0.39, 0.29) is 25.0 Å². The van der Waals surface area contributed by atoms with Crippen molar-refractivity contribution in [3.8, 4) is 6.07 Å². The Kier molecular flexibility index (Phi) is 9.05. The summed E-state index contributed by atoms with van der Waals surface area (Å²) in [5.74, 6) is -1.17. The van der Waals surface area contributed by atoms with Crippen LogP contribution in [0.15, 0.2) is 12.7 Å². The predicted octanol–water partition coefficient (Wildman–Crippen LogP) is 1.13. The van der Waals surface area contributed by atoms with Crippen molar-refractivity contribution in [1.82, 2.24) is 4.90 Å². The van der Waals surface area contributed by atoms with E-state index in [1.807, 2.05) is 0 Å². The minimum Gasteiger partial charge on any atom is -0.454 e. The van der Waals surface area contributed by atoms with Crippen molar-refractivity contribution < 1.29 is 19.1 Å². The van der Waals surface area contributed by atoms with E-state index in [9.17, 15) is 9.59 Å². The molecule has 2 atom stereocenters. The predicted molar refractivity (Wildman–Crippen MR) is 73.6 cm³/mol. The first-order valence-corrected chi connectivity index (χ1v) is 6.52. The van der Waals surface area contributed by atoms with Gasteiger partial charge < -0.3 is 14.4 Å². The summed E-state index contributed by atoms with van der Waals surface area (Å²) in [6, 6.07) is 2.06. The molecular weight excluding hydrogens is 260 g/mol. The van der Waals surface area contributed by atoms with Crippen molar-refractivity contribution >= 4 is 11.9 Å². The molecule has 6 heteroatoms. The lowest BCUT2D eigenvalue weighted by Gasteiger charge is -2.22. The van der Waals surface area contributed by atoms with E-state index in [4.69, 9.17) is 14.7 Å². The van der Waals surface area contributed by atoms with Gasteiger partial charge in [-0.2, -0.15) is 5.26 Å². The molecule has 0 saturated carbocycles. The highest BCUT2D eigenvalue weighted by atomic mass is 16.6. The molecule has 0 rings (SSSR count). The Morgan fingerprint density at radius 1 is 1.45 bits per heavy atom. The number of amides is 1. The van der Waals surface area contributed by atoms with Gasteiger partial charge in [-0.1, -0.05) is 6.08 Å². The summed E-state index contributed by atoms with van der Waals surface area (Å²) in [4.78, 5) is 24.9. The van der Waals surface area contributed by atoms with E-state index < -0.39 is 12.1 Å². The summed E-state index contributed by atoms with van der Waals surface area (Å²) < 4.78 is 9.98. The standard InChI is InChI=1S/C14H22N2O4/c1-5-7-19-12(4)14(18)20-10-13(17)16(6-2)9-11(3)8-15/h5,11-12H,1,6-7,9-10H2,2-4H3. The molecule has 0 aromatic heterocycles. The number of esters is 1. The molecule has 6 nitrogen and oxygen atoms in total. The second-order valence-electron chi connectivity index (χ2n) is 4.33. The maximum atomic E-state index is 11.8. The fourth-order valence-corrected chi connectivity index (χ4v) is 1.40. The lowest BCUT2D eigenvalue weighted by atomic mass is 10.2. The minimum absolute atomic E-state index is 0.241. The van der Waals surface area contributed by atoms with E-state index >= 15 is 0 Å². The molecule has 0 bridgehead atoms. The smallest absolute Gasteiger partial charge is 0.335 e. The Labute approximate surface area is 119 Å². The monoisotopic (exact) mass is 282 g/mol. The third-order valence-electron chi connectivity index (χ3n) is 2.58. The molecule has 0 spiro atoms. The van der Waals surface area contributed by atoms with Crippen LogP contribution in [0.2, 0.25) is 0 Å². The highest BCUT2D eigenvalue weighted by Gasteiger charge is 2.19. The summed E-state index contributed by atoms with van der Waals surface area (Å²) in [6.45, 7) is 9.24. The summed E-state index contributed by atoms with van der Waals surface area (Å²) in [6.07, 6.45) is 0.783. The molecule has 1 amide bonds. The average Bonchev–Trinajstić information content (AvgIpc) is 2.46. The number of ether oxygens (including phenoxy) is 2. The van der Waals surface area contributed by atoms with Crippen LogP contribution in [0.3, 0.4) is 0 Å². The van der Waals surface area contributed by atoms with Crippen LogP contribution in [0.4, 0.5) is 0 Å². The van der Waals surface area contributed by atoms with Crippen LogP contribution in [0, 0.1) is 17.2 Å². The highest BCUT2D eigenvalue weighted by molar-refractivity contribution is 5.82. The largest absolute Gasteiger partial charge is 0.454 e. The van der Waals surface area contributed by atoms with Crippen molar-refractivity contribution in [3.63, 3.8) is 0 Å². The Bertz CT molecular complexity index is 376. The molecule has 0 radical (unpaired) electrons. The first-order valence-electron chi connectivity index (χ1n) is 6.52. The van der Waals surface area contributed by atoms with Crippen LogP contribution in [0.5, 0.6) is 0 Å². The number of nitriles is 1. The summed E-state index contributed by atoms with van der Waals surface area (Å²) in [5.41, 5.74) is 0. The molecule has 0 aliphatic heterocycles. The molecule has 112 valence electrons. The SMILES string of the molecule is C=CCOC(C)C(=O)OCC(=O)N(CC)CC(C)C#N. The first kappa shape index (κ1) is 18.1. The van der Waals surface area contributed by atoms with Gasteiger partial charge in [0.1, 0.15) is 0 Å². The third kappa shape index (κ3) is 6.90. The Morgan fingerprint density at radius 3 is 2.60 bits per heavy atom. The van der Waals surface area contributed by atoms with Crippen LogP contribution >= 0.6 is 0 Å². The van der Waals surface area contributed by atoms with Crippen LogP contribution in [-0.2, 0) is 19.1 Å². The summed E-state index contributed by atoms with van der Waals surface area (Å²) in [5, 5.41) is 8.74. The maximum Gasteiger partial charge on any atom is 0.335 e. The lowest BCUT2D eigenvalue weighted by molar-refractivity contribution is -0.160. The van der Waals surface area contributed by atoms with Gasteiger partial charge >= 0.3 is 5.97 Å². The second kappa shape index (κ2) is 9.98. The quantitative estimate of drug-likeness (QED) is 0.468. The molecule has 0 aliphatic carbocycles. The zero-order valence-corrected chi connectivity index (χ0v) is 12.3.